The lowest BCUT2D eigenvalue weighted by Gasteiger charge is -2.32. The first kappa shape index (κ1) is 23.6. The summed E-state index contributed by atoms with van der Waals surface area (Å²) >= 11 is 1.45. The third-order valence-electron chi connectivity index (χ3n) is 5.16. The minimum absolute atomic E-state index is 0. The van der Waals surface area contributed by atoms with E-state index in [1.54, 1.807) is 0 Å². The molecule has 3 heterocycles. The van der Waals surface area contributed by atoms with Crippen LogP contribution in [0.1, 0.15) is 60.0 Å². The van der Waals surface area contributed by atoms with E-state index in [0.717, 1.165) is 41.3 Å². The molecule has 0 radical (unpaired) electrons. The van der Waals surface area contributed by atoms with Crippen LogP contribution in [-0.2, 0) is 6.54 Å². The van der Waals surface area contributed by atoms with E-state index >= 15 is 0 Å². The number of halogens is 2. The highest BCUT2D eigenvalue weighted by atomic mass is 35.5. The number of likely N-dealkylation sites (tertiary alicyclic amines) is 1. The molecule has 2 N–H and O–H groups in total. The molecule has 1 amide bonds. The van der Waals surface area contributed by atoms with E-state index in [9.17, 15) is 4.79 Å². The Morgan fingerprint density at radius 1 is 1.28 bits per heavy atom. The van der Waals surface area contributed by atoms with Gasteiger partial charge >= 0.3 is 0 Å². The number of imidazole rings is 1. The second kappa shape index (κ2) is 9.89. The number of hydrogen-bond donors (Lipinski definition) is 1. The number of piperidine rings is 1. The summed E-state index contributed by atoms with van der Waals surface area (Å²) in [4.78, 5) is 24.1. The van der Waals surface area contributed by atoms with Gasteiger partial charge < -0.3 is 15.2 Å². The number of amides is 1. The summed E-state index contributed by atoms with van der Waals surface area (Å²) < 4.78 is 2.32. The zero-order valence-electron chi connectivity index (χ0n) is 16.6. The van der Waals surface area contributed by atoms with Crippen molar-refractivity contribution in [2.45, 2.75) is 45.2 Å². The van der Waals surface area contributed by atoms with Crippen LogP contribution >= 0.6 is 36.2 Å². The van der Waals surface area contributed by atoms with Crippen LogP contribution in [0.15, 0.2) is 29.6 Å². The number of para-hydroxylation sites is 2. The molecule has 9 heteroatoms. The van der Waals surface area contributed by atoms with E-state index in [-0.39, 0.29) is 36.6 Å². The zero-order valence-corrected chi connectivity index (χ0v) is 19.0. The molecular weight excluding hydrogens is 429 g/mol. The van der Waals surface area contributed by atoms with Crippen molar-refractivity contribution in [3.8, 4) is 0 Å². The van der Waals surface area contributed by atoms with E-state index in [1.165, 1.54) is 11.3 Å². The van der Waals surface area contributed by atoms with Crippen molar-refractivity contribution in [1.82, 2.24) is 19.4 Å². The van der Waals surface area contributed by atoms with Gasteiger partial charge in [0.1, 0.15) is 16.5 Å². The Morgan fingerprint density at radius 3 is 2.72 bits per heavy atom. The second-order valence-electron chi connectivity index (χ2n) is 7.34. The summed E-state index contributed by atoms with van der Waals surface area (Å²) in [7, 11) is 0. The predicted molar refractivity (Wildman–Crippen MR) is 122 cm³/mol. The molecule has 1 aliphatic rings. The molecule has 0 bridgehead atoms. The molecule has 1 saturated heterocycles. The fourth-order valence-electron chi connectivity index (χ4n) is 3.93. The number of nitrogens with zero attached hydrogens (tertiary/aromatic N) is 4. The minimum atomic E-state index is 0. The highest BCUT2D eigenvalue weighted by molar-refractivity contribution is 7.09. The van der Waals surface area contributed by atoms with Gasteiger partial charge in [0.15, 0.2) is 0 Å². The number of nitrogens with two attached hydrogens (primary N) is 1. The first-order chi connectivity index (χ1) is 13.1. The second-order valence-corrected chi connectivity index (χ2v) is 8.29. The summed E-state index contributed by atoms with van der Waals surface area (Å²) in [5.41, 5.74) is 8.34. The molecule has 4 rings (SSSR count). The molecular formula is C20H27Cl2N5OS. The number of fused-ring (bicyclic) bond motifs is 1. The molecule has 1 atom stereocenters. The molecule has 0 saturated carbocycles. The van der Waals surface area contributed by atoms with Crippen LogP contribution in [0.3, 0.4) is 0 Å². The van der Waals surface area contributed by atoms with Crippen LogP contribution in [-0.4, -0.2) is 38.4 Å². The van der Waals surface area contributed by atoms with Crippen molar-refractivity contribution in [1.29, 1.82) is 0 Å². The smallest absolute Gasteiger partial charge is 0.273 e. The maximum atomic E-state index is 12.9. The van der Waals surface area contributed by atoms with Gasteiger partial charge in [0, 0.05) is 37.0 Å². The summed E-state index contributed by atoms with van der Waals surface area (Å²) in [6, 6.07) is 8.59. The monoisotopic (exact) mass is 455 g/mol. The number of carbonyl (C=O) groups is 1. The Kier molecular flexibility index (Phi) is 8.05. The Hall–Kier alpha value is -1.67. The number of hydrogen-bond acceptors (Lipinski definition) is 5. The van der Waals surface area contributed by atoms with Gasteiger partial charge in [-0.3, -0.25) is 4.79 Å². The SMILES string of the molecule is CC(C)n1c(C2CCCN(C(=O)c3csc(CN)n3)C2)nc2ccccc21.Cl.Cl. The van der Waals surface area contributed by atoms with E-state index in [1.807, 2.05) is 16.3 Å². The molecule has 29 heavy (non-hydrogen) atoms. The molecule has 1 aliphatic heterocycles. The van der Waals surface area contributed by atoms with Crippen molar-refractivity contribution < 1.29 is 4.79 Å². The van der Waals surface area contributed by atoms with Crippen molar-refractivity contribution in [2.75, 3.05) is 13.1 Å². The van der Waals surface area contributed by atoms with Crippen LogP contribution in [0.25, 0.3) is 11.0 Å². The molecule has 2 aromatic heterocycles. The Bertz CT molecular complexity index is 971. The Balaban J connectivity index is 0.00000150. The first-order valence-electron chi connectivity index (χ1n) is 9.49. The summed E-state index contributed by atoms with van der Waals surface area (Å²) in [5, 5.41) is 2.62. The average molecular weight is 456 g/mol. The highest BCUT2D eigenvalue weighted by Gasteiger charge is 2.30. The number of rotatable bonds is 4. The minimum Gasteiger partial charge on any atom is -0.337 e. The van der Waals surface area contributed by atoms with Gasteiger partial charge in [-0.05, 0) is 38.8 Å². The van der Waals surface area contributed by atoms with Crippen molar-refractivity contribution >= 4 is 53.1 Å². The van der Waals surface area contributed by atoms with Crippen LogP contribution < -0.4 is 5.73 Å². The number of carbonyl (C=O) groups excluding carboxylic acids is 1. The van der Waals surface area contributed by atoms with Gasteiger partial charge in [-0.2, -0.15) is 0 Å². The third-order valence-corrected chi connectivity index (χ3v) is 6.03. The Labute approximate surface area is 187 Å². The predicted octanol–water partition coefficient (Wildman–Crippen LogP) is 4.40. The maximum Gasteiger partial charge on any atom is 0.273 e. The fraction of sp³-hybridized carbons (Fsp3) is 0.450. The topological polar surface area (TPSA) is 77.0 Å². The number of thiazole rings is 1. The molecule has 6 nitrogen and oxygen atoms in total. The maximum absolute atomic E-state index is 12.9. The quantitative estimate of drug-likeness (QED) is 0.632. The van der Waals surface area contributed by atoms with Gasteiger partial charge in [0.05, 0.1) is 11.0 Å². The fourth-order valence-corrected chi connectivity index (χ4v) is 4.58. The van der Waals surface area contributed by atoms with Crippen LogP contribution in [0.2, 0.25) is 0 Å². The molecule has 0 spiro atoms. The lowest BCUT2D eigenvalue weighted by molar-refractivity contribution is 0.0698. The zero-order chi connectivity index (χ0) is 19.0. The molecule has 0 aliphatic carbocycles. The molecule has 3 aromatic rings. The summed E-state index contributed by atoms with van der Waals surface area (Å²) in [5.74, 6) is 1.33. The van der Waals surface area contributed by atoms with E-state index in [4.69, 9.17) is 10.7 Å². The first-order valence-corrected chi connectivity index (χ1v) is 10.4. The van der Waals surface area contributed by atoms with Gasteiger partial charge in [0.2, 0.25) is 0 Å². The molecule has 1 fully saturated rings. The van der Waals surface area contributed by atoms with Gasteiger partial charge in [-0.1, -0.05) is 12.1 Å². The standard InChI is InChI=1S/C20H25N5OS.2ClH/c1-13(2)25-17-8-4-3-7-15(17)23-19(25)14-6-5-9-24(11-14)20(26)16-12-27-18(10-21)22-16;;/h3-4,7-8,12-14H,5-6,9-11,21H2,1-2H3;2*1H. The van der Waals surface area contributed by atoms with E-state index < -0.39 is 0 Å². The lowest BCUT2D eigenvalue weighted by atomic mass is 9.96. The largest absolute Gasteiger partial charge is 0.337 e. The van der Waals surface area contributed by atoms with Crippen molar-refractivity contribution in [3.05, 3.63) is 46.2 Å². The van der Waals surface area contributed by atoms with Crippen LogP contribution in [0.4, 0.5) is 0 Å². The molecule has 1 aromatic carbocycles. The summed E-state index contributed by atoms with van der Waals surface area (Å²) in [6.45, 7) is 6.20. The third kappa shape index (κ3) is 4.58. The van der Waals surface area contributed by atoms with Crippen LogP contribution in [0, 0.1) is 0 Å². The Morgan fingerprint density at radius 2 is 2.03 bits per heavy atom. The highest BCUT2D eigenvalue weighted by Crippen LogP contribution is 2.32. The van der Waals surface area contributed by atoms with Gasteiger partial charge in [0.25, 0.3) is 5.91 Å². The van der Waals surface area contributed by atoms with Gasteiger partial charge in [-0.15, -0.1) is 36.2 Å². The van der Waals surface area contributed by atoms with Crippen molar-refractivity contribution in [3.63, 3.8) is 0 Å². The normalized spacial score (nSPS) is 16.6. The van der Waals surface area contributed by atoms with E-state index in [0.29, 0.717) is 24.8 Å². The average Bonchev–Trinajstić information content (AvgIpc) is 3.32. The van der Waals surface area contributed by atoms with Crippen LogP contribution in [0.5, 0.6) is 0 Å². The lowest BCUT2D eigenvalue weighted by Crippen LogP contribution is -2.40. The molecule has 158 valence electrons. The van der Waals surface area contributed by atoms with E-state index in [2.05, 4.69) is 41.6 Å². The van der Waals surface area contributed by atoms with Crippen molar-refractivity contribution in [2.24, 2.45) is 5.73 Å². The number of benzene rings is 1. The molecule has 1 unspecified atom stereocenters. The number of aromatic nitrogens is 3. The summed E-state index contributed by atoms with van der Waals surface area (Å²) in [6.07, 6.45) is 2.02. The van der Waals surface area contributed by atoms with Gasteiger partial charge in [-0.25, -0.2) is 9.97 Å².